The second-order valence-corrected chi connectivity index (χ2v) is 4.86. The van der Waals surface area contributed by atoms with Gasteiger partial charge in [0.15, 0.2) is 5.13 Å². The van der Waals surface area contributed by atoms with Gasteiger partial charge in [-0.3, -0.25) is 10.1 Å². The van der Waals surface area contributed by atoms with Gasteiger partial charge in [0.2, 0.25) is 5.91 Å². The van der Waals surface area contributed by atoms with Gasteiger partial charge in [0.1, 0.15) is 10.7 Å². The largest absolute Gasteiger partial charge is 0.453 e. The van der Waals surface area contributed by atoms with Crippen LogP contribution in [0.2, 0.25) is 0 Å². The second-order valence-electron chi connectivity index (χ2n) is 3.86. The predicted molar refractivity (Wildman–Crippen MR) is 77.9 cm³/mol. The van der Waals surface area contributed by atoms with E-state index in [-0.39, 0.29) is 5.91 Å². The molecule has 7 heteroatoms. The molecule has 0 spiro atoms. The third-order valence-corrected chi connectivity index (χ3v) is 3.24. The smallest absolute Gasteiger partial charge is 0.412 e. The summed E-state index contributed by atoms with van der Waals surface area (Å²) in [5.74, 6) is -0.219. The Labute approximate surface area is 119 Å². The number of carbonyl (C=O) groups excluding carboxylic acids is 2. The van der Waals surface area contributed by atoms with Crippen molar-refractivity contribution in [3.05, 3.63) is 30.3 Å². The van der Waals surface area contributed by atoms with Crippen molar-refractivity contribution in [2.45, 2.75) is 6.92 Å². The highest BCUT2D eigenvalue weighted by atomic mass is 32.1. The van der Waals surface area contributed by atoms with Gasteiger partial charge >= 0.3 is 6.09 Å². The molecule has 2 amide bonds. The molecule has 0 aliphatic heterocycles. The maximum absolute atomic E-state index is 11.4. The maximum Gasteiger partial charge on any atom is 0.412 e. The van der Waals surface area contributed by atoms with Crippen molar-refractivity contribution in [3.63, 3.8) is 0 Å². The van der Waals surface area contributed by atoms with Crippen LogP contribution in [-0.4, -0.2) is 24.1 Å². The summed E-state index contributed by atoms with van der Waals surface area (Å²) in [7, 11) is 1.29. The first-order chi connectivity index (χ1) is 9.60. The number of anilines is 2. The van der Waals surface area contributed by atoms with E-state index >= 15 is 0 Å². The van der Waals surface area contributed by atoms with Crippen LogP contribution < -0.4 is 10.6 Å². The number of hydrogen-bond acceptors (Lipinski definition) is 5. The average Bonchev–Trinajstić information content (AvgIpc) is 2.81. The van der Waals surface area contributed by atoms with Crippen LogP contribution in [0, 0.1) is 0 Å². The number of rotatable bonds is 3. The number of aromatic nitrogens is 1. The number of nitrogens with one attached hydrogen (secondary N) is 2. The first-order valence-electron chi connectivity index (χ1n) is 5.79. The van der Waals surface area contributed by atoms with E-state index in [4.69, 9.17) is 0 Å². The number of amides is 2. The molecular formula is C13H13N3O3S. The minimum Gasteiger partial charge on any atom is -0.453 e. The van der Waals surface area contributed by atoms with Crippen molar-refractivity contribution in [3.8, 4) is 11.3 Å². The van der Waals surface area contributed by atoms with Crippen molar-refractivity contribution in [1.82, 2.24) is 4.98 Å². The molecule has 0 fully saturated rings. The molecule has 1 aromatic heterocycles. The Morgan fingerprint density at radius 2 is 1.90 bits per heavy atom. The molecule has 2 aromatic rings. The first kappa shape index (κ1) is 14.0. The van der Waals surface area contributed by atoms with Gasteiger partial charge in [0, 0.05) is 12.5 Å². The normalized spacial score (nSPS) is 9.90. The monoisotopic (exact) mass is 291 g/mol. The Kier molecular flexibility index (Phi) is 4.31. The highest BCUT2D eigenvalue weighted by Crippen LogP contribution is 2.35. The molecule has 20 heavy (non-hydrogen) atoms. The molecule has 104 valence electrons. The Morgan fingerprint density at radius 1 is 1.20 bits per heavy atom. The zero-order valence-electron chi connectivity index (χ0n) is 11.0. The summed E-state index contributed by atoms with van der Waals surface area (Å²) in [6.45, 7) is 1.40. The average molecular weight is 291 g/mol. The third kappa shape index (κ3) is 3.33. The van der Waals surface area contributed by atoms with Gasteiger partial charge < -0.3 is 10.1 Å². The number of ether oxygens (including phenoxy) is 1. The lowest BCUT2D eigenvalue weighted by Crippen LogP contribution is -2.10. The Balaban J connectivity index is 2.39. The van der Waals surface area contributed by atoms with E-state index in [1.54, 1.807) is 0 Å². The fraction of sp³-hybridized carbons (Fsp3) is 0.154. The summed E-state index contributed by atoms with van der Waals surface area (Å²) in [4.78, 5) is 26.8. The SMILES string of the molecule is COC(=O)Nc1sc(NC(C)=O)nc1-c1ccccc1. The van der Waals surface area contributed by atoms with Gasteiger partial charge in [-0.2, -0.15) is 0 Å². The van der Waals surface area contributed by atoms with Gasteiger partial charge in [0.25, 0.3) is 0 Å². The summed E-state index contributed by atoms with van der Waals surface area (Å²) in [5.41, 5.74) is 1.43. The van der Waals surface area contributed by atoms with Crippen LogP contribution in [0.4, 0.5) is 14.9 Å². The molecule has 0 saturated carbocycles. The Hall–Kier alpha value is -2.41. The predicted octanol–water partition coefficient (Wildman–Crippen LogP) is 2.95. The lowest BCUT2D eigenvalue weighted by Gasteiger charge is -2.03. The van der Waals surface area contributed by atoms with Gasteiger partial charge in [-0.25, -0.2) is 9.78 Å². The molecule has 2 rings (SSSR count). The van der Waals surface area contributed by atoms with E-state index < -0.39 is 6.09 Å². The van der Waals surface area contributed by atoms with Crippen LogP contribution in [0.5, 0.6) is 0 Å². The van der Waals surface area contributed by atoms with Crippen molar-refractivity contribution in [1.29, 1.82) is 0 Å². The lowest BCUT2D eigenvalue weighted by atomic mass is 10.2. The standard InChI is InChI=1S/C13H13N3O3S/c1-8(17)14-12-15-10(9-6-4-3-5-7-9)11(20-12)16-13(18)19-2/h3-7H,1-2H3,(H,16,18)(H,14,15,17). The molecule has 0 atom stereocenters. The van der Waals surface area contributed by atoms with Crippen molar-refractivity contribution in [2.24, 2.45) is 0 Å². The van der Waals surface area contributed by atoms with Crippen molar-refractivity contribution in [2.75, 3.05) is 17.7 Å². The van der Waals surface area contributed by atoms with Crippen LogP contribution in [0.3, 0.4) is 0 Å². The molecule has 6 nitrogen and oxygen atoms in total. The summed E-state index contributed by atoms with van der Waals surface area (Å²) in [6.07, 6.45) is -0.583. The highest BCUT2D eigenvalue weighted by molar-refractivity contribution is 7.20. The van der Waals surface area contributed by atoms with E-state index in [1.807, 2.05) is 30.3 Å². The second kappa shape index (κ2) is 6.16. The molecule has 1 heterocycles. The van der Waals surface area contributed by atoms with E-state index in [1.165, 1.54) is 25.4 Å². The van der Waals surface area contributed by atoms with Crippen LogP contribution in [0.1, 0.15) is 6.92 Å². The zero-order valence-corrected chi connectivity index (χ0v) is 11.8. The van der Waals surface area contributed by atoms with Crippen LogP contribution >= 0.6 is 11.3 Å². The van der Waals surface area contributed by atoms with Crippen molar-refractivity contribution >= 4 is 33.5 Å². The van der Waals surface area contributed by atoms with Gasteiger partial charge in [-0.05, 0) is 0 Å². The molecule has 0 unspecified atom stereocenters. The molecule has 0 aliphatic carbocycles. The fourth-order valence-corrected chi connectivity index (χ4v) is 2.46. The number of benzene rings is 1. The number of hydrogen-bond donors (Lipinski definition) is 2. The molecule has 2 N–H and O–H groups in total. The summed E-state index contributed by atoms with van der Waals surface area (Å²) >= 11 is 1.17. The summed E-state index contributed by atoms with van der Waals surface area (Å²) in [6, 6.07) is 9.37. The Morgan fingerprint density at radius 3 is 2.50 bits per heavy atom. The van der Waals surface area contributed by atoms with Crippen LogP contribution in [0.25, 0.3) is 11.3 Å². The molecule has 0 saturated heterocycles. The Bertz CT molecular complexity index is 625. The maximum atomic E-state index is 11.4. The molecular weight excluding hydrogens is 278 g/mol. The summed E-state index contributed by atoms with van der Waals surface area (Å²) in [5, 5.41) is 6.14. The number of carbonyl (C=O) groups is 2. The summed E-state index contributed by atoms with van der Waals surface area (Å²) < 4.78 is 4.58. The van der Waals surface area contributed by atoms with Crippen molar-refractivity contribution < 1.29 is 14.3 Å². The quantitative estimate of drug-likeness (QED) is 0.911. The number of thiazole rings is 1. The van der Waals surface area contributed by atoms with Crippen LogP contribution in [-0.2, 0) is 9.53 Å². The minimum atomic E-state index is -0.583. The van der Waals surface area contributed by atoms with Gasteiger partial charge in [-0.15, -0.1) is 0 Å². The van der Waals surface area contributed by atoms with Gasteiger partial charge in [0.05, 0.1) is 7.11 Å². The molecule has 0 radical (unpaired) electrons. The number of methoxy groups -OCH3 is 1. The van der Waals surface area contributed by atoms with E-state index in [0.29, 0.717) is 15.8 Å². The zero-order chi connectivity index (χ0) is 14.5. The van der Waals surface area contributed by atoms with Crippen LogP contribution in [0.15, 0.2) is 30.3 Å². The van der Waals surface area contributed by atoms with E-state index in [0.717, 1.165) is 5.56 Å². The van der Waals surface area contributed by atoms with E-state index in [2.05, 4.69) is 20.4 Å². The highest BCUT2D eigenvalue weighted by Gasteiger charge is 2.16. The molecule has 1 aromatic carbocycles. The number of nitrogens with zero attached hydrogens (tertiary/aromatic N) is 1. The third-order valence-electron chi connectivity index (χ3n) is 2.36. The lowest BCUT2D eigenvalue weighted by molar-refractivity contribution is -0.114. The fourth-order valence-electron chi connectivity index (χ4n) is 1.54. The molecule has 0 aliphatic rings. The topological polar surface area (TPSA) is 80.3 Å². The molecule has 0 bridgehead atoms. The van der Waals surface area contributed by atoms with E-state index in [9.17, 15) is 9.59 Å². The minimum absolute atomic E-state index is 0.219. The van der Waals surface area contributed by atoms with Gasteiger partial charge in [-0.1, -0.05) is 41.7 Å². The first-order valence-corrected chi connectivity index (χ1v) is 6.60.